The number of carbonyl (C=O) groups is 3. The van der Waals surface area contributed by atoms with E-state index in [1.54, 1.807) is 23.4 Å². The van der Waals surface area contributed by atoms with Crippen LogP contribution in [0.25, 0.3) is 0 Å². The number of aromatic nitrogens is 1. The summed E-state index contributed by atoms with van der Waals surface area (Å²) in [4.78, 5) is 47.5. The predicted octanol–water partition coefficient (Wildman–Crippen LogP) is 2.91. The first-order chi connectivity index (χ1) is 16.6. The number of hydrogen-bond acceptors (Lipinski definition) is 5. The monoisotopic (exact) mass is 478 g/mol. The topological polar surface area (TPSA) is 91.8 Å². The third-order valence-electron chi connectivity index (χ3n) is 6.71. The molecule has 1 aromatic heterocycles. The van der Waals surface area contributed by atoms with Crippen LogP contribution >= 0.6 is 0 Å². The van der Waals surface area contributed by atoms with E-state index in [1.165, 1.54) is 0 Å². The summed E-state index contributed by atoms with van der Waals surface area (Å²) < 4.78 is 6.26. The molecule has 4 rings (SSSR count). The van der Waals surface area contributed by atoms with Crippen molar-refractivity contribution in [1.29, 1.82) is 0 Å². The number of nitrogens with zero attached hydrogens (tertiary/aromatic N) is 3. The number of carbonyl (C=O) groups excluding carboxylic acids is 3. The highest BCUT2D eigenvalue weighted by atomic mass is 16.5. The average molecular weight is 479 g/mol. The molecule has 8 heteroatoms. The number of likely N-dealkylation sites (tertiary alicyclic amines) is 1. The van der Waals surface area contributed by atoms with E-state index in [4.69, 9.17) is 4.74 Å². The molecule has 0 radical (unpaired) electrons. The molecular weight excluding hydrogens is 444 g/mol. The first-order valence-electron chi connectivity index (χ1n) is 12.1. The van der Waals surface area contributed by atoms with Crippen molar-refractivity contribution >= 4 is 17.7 Å². The maximum Gasteiger partial charge on any atom is 0.256 e. The molecule has 1 aromatic carbocycles. The zero-order valence-corrected chi connectivity index (χ0v) is 20.9. The lowest BCUT2D eigenvalue weighted by Crippen LogP contribution is -2.60. The number of hydrogen-bond donors (Lipinski definition) is 1. The molecular formula is C27H34N4O4. The summed E-state index contributed by atoms with van der Waals surface area (Å²) in [6.07, 6.45) is 4.29. The number of aryl methyl sites for hydroxylation is 1. The summed E-state index contributed by atoms with van der Waals surface area (Å²) >= 11 is 0. The minimum Gasteiger partial charge on any atom is -0.353 e. The summed E-state index contributed by atoms with van der Waals surface area (Å²) in [7, 11) is 0. The molecule has 8 nitrogen and oxygen atoms in total. The molecule has 2 aliphatic heterocycles. The van der Waals surface area contributed by atoms with Gasteiger partial charge in [0.25, 0.3) is 5.91 Å². The van der Waals surface area contributed by atoms with Gasteiger partial charge >= 0.3 is 0 Å². The fourth-order valence-corrected chi connectivity index (χ4v) is 4.83. The number of nitrogens with one attached hydrogen (secondary N) is 1. The number of piperidine rings is 1. The van der Waals surface area contributed by atoms with Crippen LogP contribution in [0.1, 0.15) is 55.1 Å². The molecule has 3 heterocycles. The molecule has 2 aliphatic rings. The Balaban J connectivity index is 1.57. The zero-order chi connectivity index (χ0) is 25.2. The van der Waals surface area contributed by atoms with Crippen molar-refractivity contribution in [3.05, 3.63) is 65.5 Å². The van der Waals surface area contributed by atoms with Crippen molar-refractivity contribution in [3.63, 3.8) is 0 Å². The van der Waals surface area contributed by atoms with Crippen molar-refractivity contribution < 1.29 is 19.1 Å². The van der Waals surface area contributed by atoms with Crippen molar-refractivity contribution in [1.82, 2.24) is 20.1 Å². The predicted molar refractivity (Wildman–Crippen MR) is 131 cm³/mol. The van der Waals surface area contributed by atoms with E-state index >= 15 is 0 Å². The van der Waals surface area contributed by atoms with Crippen LogP contribution in [-0.2, 0) is 20.9 Å². The van der Waals surface area contributed by atoms with Crippen molar-refractivity contribution in [2.75, 3.05) is 19.7 Å². The first-order valence-corrected chi connectivity index (χ1v) is 12.1. The van der Waals surface area contributed by atoms with Gasteiger partial charge in [0, 0.05) is 55.8 Å². The van der Waals surface area contributed by atoms with E-state index < -0.39 is 17.2 Å². The minimum absolute atomic E-state index is 0.0765. The van der Waals surface area contributed by atoms with E-state index in [-0.39, 0.29) is 24.3 Å². The van der Waals surface area contributed by atoms with Gasteiger partial charge in [-0.25, -0.2) is 0 Å². The van der Waals surface area contributed by atoms with Crippen molar-refractivity contribution in [2.24, 2.45) is 5.41 Å². The smallest absolute Gasteiger partial charge is 0.256 e. The van der Waals surface area contributed by atoms with Gasteiger partial charge in [0.05, 0.1) is 6.61 Å². The molecule has 1 atom stereocenters. The average Bonchev–Trinajstić information content (AvgIpc) is 3.20. The van der Waals surface area contributed by atoms with Gasteiger partial charge in [-0.2, -0.15) is 0 Å². The Labute approximate surface area is 206 Å². The molecule has 3 amide bonds. The number of amides is 3. The van der Waals surface area contributed by atoms with Crippen LogP contribution in [0.5, 0.6) is 0 Å². The Morgan fingerprint density at radius 1 is 1.14 bits per heavy atom. The number of rotatable bonds is 4. The highest BCUT2D eigenvalue weighted by molar-refractivity contribution is 5.98. The lowest BCUT2D eigenvalue weighted by molar-refractivity contribution is -0.150. The van der Waals surface area contributed by atoms with Gasteiger partial charge in [-0.05, 0) is 30.7 Å². The summed E-state index contributed by atoms with van der Waals surface area (Å²) in [6.45, 7) is 9.02. The van der Waals surface area contributed by atoms with Gasteiger partial charge in [0.1, 0.15) is 11.8 Å². The molecule has 1 N–H and O–H groups in total. The summed E-state index contributed by atoms with van der Waals surface area (Å²) in [5, 5.41) is 2.94. The van der Waals surface area contributed by atoms with Crippen LogP contribution in [0.3, 0.4) is 0 Å². The van der Waals surface area contributed by atoms with Gasteiger partial charge in [-0.1, -0.05) is 44.5 Å². The highest BCUT2D eigenvalue weighted by Gasteiger charge is 2.54. The molecule has 0 unspecified atom stereocenters. The van der Waals surface area contributed by atoms with Gasteiger partial charge in [0.15, 0.2) is 0 Å². The lowest BCUT2D eigenvalue weighted by Gasteiger charge is -2.45. The second kappa shape index (κ2) is 9.77. The Hall–Kier alpha value is -3.26. The van der Waals surface area contributed by atoms with Crippen LogP contribution in [0, 0.1) is 12.3 Å². The third kappa shape index (κ3) is 5.22. The van der Waals surface area contributed by atoms with E-state index in [0.717, 1.165) is 11.1 Å². The van der Waals surface area contributed by atoms with Crippen LogP contribution < -0.4 is 5.32 Å². The van der Waals surface area contributed by atoms with Gasteiger partial charge in [-0.15, -0.1) is 0 Å². The van der Waals surface area contributed by atoms with Gasteiger partial charge < -0.3 is 15.0 Å². The van der Waals surface area contributed by atoms with Crippen LogP contribution in [0.2, 0.25) is 0 Å². The normalized spacial score (nSPS) is 19.6. The zero-order valence-electron chi connectivity index (χ0n) is 20.9. The Morgan fingerprint density at radius 3 is 2.51 bits per heavy atom. The Morgan fingerprint density at radius 2 is 1.89 bits per heavy atom. The van der Waals surface area contributed by atoms with Gasteiger partial charge in [-0.3, -0.25) is 24.3 Å². The number of ether oxygens (including phenoxy) is 1. The summed E-state index contributed by atoms with van der Waals surface area (Å²) in [6, 6.07) is 10.3. The second-order valence-electron chi connectivity index (χ2n) is 10.4. The second-order valence-corrected chi connectivity index (χ2v) is 10.4. The SMILES string of the molecule is Cc1cccc(C(=O)N2[C@H](C(=O)NCc3cccnc3)COC23CCN(C(=O)C(C)(C)C)CC3)c1. The quantitative estimate of drug-likeness (QED) is 0.730. The van der Waals surface area contributed by atoms with E-state index in [9.17, 15) is 14.4 Å². The van der Waals surface area contributed by atoms with Crippen molar-refractivity contribution in [3.8, 4) is 0 Å². The third-order valence-corrected chi connectivity index (χ3v) is 6.71. The molecule has 2 fully saturated rings. The maximum atomic E-state index is 13.8. The molecule has 35 heavy (non-hydrogen) atoms. The van der Waals surface area contributed by atoms with Crippen LogP contribution in [0.15, 0.2) is 48.8 Å². The first kappa shape index (κ1) is 24.9. The van der Waals surface area contributed by atoms with Gasteiger partial charge in [0.2, 0.25) is 11.8 Å². The molecule has 0 aliphatic carbocycles. The fourth-order valence-electron chi connectivity index (χ4n) is 4.83. The molecule has 186 valence electrons. The minimum atomic E-state index is -0.925. The lowest BCUT2D eigenvalue weighted by atomic mass is 9.91. The fraction of sp³-hybridized carbons (Fsp3) is 0.481. The van der Waals surface area contributed by atoms with Crippen LogP contribution in [-0.4, -0.2) is 64.0 Å². The molecule has 0 saturated carbocycles. The molecule has 2 aromatic rings. The molecule has 0 bridgehead atoms. The number of benzene rings is 1. The summed E-state index contributed by atoms with van der Waals surface area (Å²) in [5.41, 5.74) is 0.958. The highest BCUT2D eigenvalue weighted by Crippen LogP contribution is 2.39. The number of pyridine rings is 1. The standard InChI is InChI=1S/C27H34N4O4/c1-19-7-5-9-21(15-19)24(33)31-22(23(32)29-17-20-8-6-12-28-16-20)18-35-27(31)10-13-30(14-11-27)25(34)26(2,3)4/h5-9,12,15-16,22H,10-11,13-14,17-18H2,1-4H3,(H,29,32)/t22-/m0/s1. The van der Waals surface area contributed by atoms with Crippen LogP contribution in [0.4, 0.5) is 0 Å². The van der Waals surface area contributed by atoms with E-state index in [2.05, 4.69) is 10.3 Å². The summed E-state index contributed by atoms with van der Waals surface area (Å²) in [5.74, 6) is -0.420. The van der Waals surface area contributed by atoms with E-state index in [1.807, 2.05) is 62.9 Å². The van der Waals surface area contributed by atoms with Crippen molar-refractivity contribution in [2.45, 2.75) is 58.8 Å². The Kier molecular flexibility index (Phi) is 6.94. The Bertz CT molecular complexity index is 1090. The van der Waals surface area contributed by atoms with E-state index in [0.29, 0.717) is 38.0 Å². The largest absolute Gasteiger partial charge is 0.353 e. The maximum absolute atomic E-state index is 13.8. The molecule has 2 saturated heterocycles. The molecule has 1 spiro atoms.